The van der Waals surface area contributed by atoms with Crippen molar-refractivity contribution in [2.45, 2.75) is 12.1 Å². The average Bonchev–Trinajstić information content (AvgIpc) is 2.39. The maximum Gasteiger partial charge on any atom is 0.152 e. The lowest BCUT2D eigenvalue weighted by atomic mass is 9.89. The van der Waals surface area contributed by atoms with Crippen LogP contribution < -0.4 is 11.5 Å². The number of hydrogen-bond acceptors (Lipinski definition) is 3. The van der Waals surface area contributed by atoms with Gasteiger partial charge in [0.05, 0.1) is 0 Å². The normalized spacial score (nSPS) is 14.1. The molecule has 2 rings (SSSR count). The van der Waals surface area contributed by atoms with Gasteiger partial charge in [-0.25, -0.2) is 9.37 Å². The molecule has 3 nitrogen and oxygen atoms in total. The van der Waals surface area contributed by atoms with Crippen LogP contribution in [-0.4, -0.2) is 11.5 Å². The number of aromatic nitrogens is 1. The quantitative estimate of drug-likeness (QED) is 0.866. The number of benzene rings is 1. The summed E-state index contributed by atoms with van der Waals surface area (Å²) < 4.78 is 14.9. The lowest BCUT2D eigenvalue weighted by Crippen LogP contribution is -2.32. The van der Waals surface area contributed by atoms with Gasteiger partial charge in [-0.05, 0) is 23.3 Å². The molecule has 0 bridgehead atoms. The van der Waals surface area contributed by atoms with Crippen molar-refractivity contribution in [1.82, 2.24) is 4.98 Å². The topological polar surface area (TPSA) is 64.9 Å². The molecule has 0 spiro atoms. The molecule has 1 unspecified atom stereocenters. The molecule has 4 heteroatoms. The van der Waals surface area contributed by atoms with Gasteiger partial charge >= 0.3 is 0 Å². The van der Waals surface area contributed by atoms with Crippen molar-refractivity contribution in [3.63, 3.8) is 0 Å². The lowest BCUT2D eigenvalue weighted by molar-refractivity contribution is 0.175. The Morgan fingerprint density at radius 3 is 2.50 bits per heavy atom. The van der Waals surface area contributed by atoms with E-state index in [-0.39, 0.29) is 13.0 Å². The van der Waals surface area contributed by atoms with Crippen molar-refractivity contribution < 1.29 is 4.39 Å². The van der Waals surface area contributed by atoms with Crippen LogP contribution in [0.1, 0.15) is 11.1 Å². The molecule has 0 aliphatic rings. The van der Waals surface area contributed by atoms with Crippen LogP contribution in [0.2, 0.25) is 0 Å². The molecular weight excluding hydrogens is 229 g/mol. The van der Waals surface area contributed by atoms with Gasteiger partial charge in [0.15, 0.2) is 5.67 Å². The number of nitrogens with two attached hydrogens (primary N) is 2. The van der Waals surface area contributed by atoms with Crippen LogP contribution >= 0.6 is 0 Å². The van der Waals surface area contributed by atoms with Crippen molar-refractivity contribution >= 4 is 5.82 Å². The fourth-order valence-corrected chi connectivity index (χ4v) is 1.96. The second-order valence-corrected chi connectivity index (χ2v) is 4.30. The number of pyridine rings is 1. The molecule has 0 amide bonds. The summed E-state index contributed by atoms with van der Waals surface area (Å²) in [5, 5.41) is 0. The first kappa shape index (κ1) is 12.5. The van der Waals surface area contributed by atoms with Crippen molar-refractivity contribution in [2.24, 2.45) is 5.73 Å². The maximum atomic E-state index is 14.9. The monoisotopic (exact) mass is 245 g/mol. The molecule has 1 aromatic carbocycles. The minimum atomic E-state index is -1.57. The van der Waals surface area contributed by atoms with E-state index >= 15 is 0 Å². The van der Waals surface area contributed by atoms with E-state index in [0.29, 0.717) is 11.4 Å². The third-order valence-corrected chi connectivity index (χ3v) is 2.94. The van der Waals surface area contributed by atoms with Crippen LogP contribution in [-0.2, 0) is 12.1 Å². The predicted octanol–water partition coefficient (Wildman–Crippen LogP) is 2.03. The summed E-state index contributed by atoms with van der Waals surface area (Å²) in [5.74, 6) is 0.389. The molecule has 0 radical (unpaired) electrons. The Hall–Kier alpha value is -1.94. The minimum absolute atomic E-state index is 0.0702. The fourth-order valence-electron chi connectivity index (χ4n) is 1.96. The summed E-state index contributed by atoms with van der Waals surface area (Å²) in [4.78, 5) is 3.89. The Bertz CT molecular complexity index is 515. The van der Waals surface area contributed by atoms with E-state index < -0.39 is 5.67 Å². The third-order valence-electron chi connectivity index (χ3n) is 2.94. The number of halogens is 1. The highest BCUT2D eigenvalue weighted by molar-refractivity contribution is 5.34. The SMILES string of the molecule is NCC(F)(Cc1ccnc(N)c1)c1ccccc1. The Morgan fingerprint density at radius 1 is 1.17 bits per heavy atom. The highest BCUT2D eigenvalue weighted by Gasteiger charge is 2.30. The first-order valence-electron chi connectivity index (χ1n) is 5.79. The van der Waals surface area contributed by atoms with Crippen molar-refractivity contribution in [3.05, 3.63) is 59.8 Å². The van der Waals surface area contributed by atoms with E-state index in [0.717, 1.165) is 5.56 Å². The van der Waals surface area contributed by atoms with Crippen LogP contribution in [0.25, 0.3) is 0 Å². The molecule has 0 aliphatic carbocycles. The molecular formula is C14H16FN3. The van der Waals surface area contributed by atoms with Crippen LogP contribution in [0.5, 0.6) is 0 Å². The largest absolute Gasteiger partial charge is 0.384 e. The number of rotatable bonds is 4. The second kappa shape index (κ2) is 5.14. The van der Waals surface area contributed by atoms with Crippen LogP contribution in [0.3, 0.4) is 0 Å². The van der Waals surface area contributed by atoms with Crippen LogP contribution in [0.15, 0.2) is 48.7 Å². The van der Waals surface area contributed by atoms with Gasteiger partial charge in [0.25, 0.3) is 0 Å². The first-order chi connectivity index (χ1) is 8.64. The van der Waals surface area contributed by atoms with Gasteiger partial charge in [-0.1, -0.05) is 30.3 Å². The molecule has 0 aliphatic heterocycles. The summed E-state index contributed by atoms with van der Waals surface area (Å²) in [7, 11) is 0. The van der Waals surface area contributed by atoms with E-state index in [1.807, 2.05) is 6.07 Å². The van der Waals surface area contributed by atoms with E-state index in [9.17, 15) is 4.39 Å². The molecule has 2 aromatic rings. The van der Waals surface area contributed by atoms with Gasteiger partial charge in [-0.2, -0.15) is 0 Å². The molecule has 1 atom stereocenters. The third kappa shape index (κ3) is 2.65. The summed E-state index contributed by atoms with van der Waals surface area (Å²) in [6.07, 6.45) is 1.77. The maximum absolute atomic E-state index is 14.9. The standard InChI is InChI=1S/C14H16FN3/c15-14(10-16,12-4-2-1-3-5-12)9-11-6-7-18-13(17)8-11/h1-8H,9-10,16H2,(H2,17,18). The van der Waals surface area contributed by atoms with Gasteiger partial charge in [-0.3, -0.25) is 0 Å². The van der Waals surface area contributed by atoms with E-state index in [4.69, 9.17) is 11.5 Å². The van der Waals surface area contributed by atoms with E-state index in [2.05, 4.69) is 4.98 Å². The molecule has 0 saturated carbocycles. The number of anilines is 1. The second-order valence-electron chi connectivity index (χ2n) is 4.30. The van der Waals surface area contributed by atoms with Crippen molar-refractivity contribution in [3.8, 4) is 0 Å². The van der Waals surface area contributed by atoms with Gasteiger partial charge in [0.1, 0.15) is 5.82 Å². The zero-order chi connectivity index (χ0) is 13.0. The van der Waals surface area contributed by atoms with Gasteiger partial charge in [-0.15, -0.1) is 0 Å². The lowest BCUT2D eigenvalue weighted by Gasteiger charge is -2.24. The average molecular weight is 245 g/mol. The van der Waals surface area contributed by atoms with Crippen LogP contribution in [0.4, 0.5) is 10.2 Å². The molecule has 0 fully saturated rings. The molecule has 0 saturated heterocycles. The fraction of sp³-hybridized carbons (Fsp3) is 0.214. The molecule has 4 N–H and O–H groups in total. The van der Waals surface area contributed by atoms with Crippen LogP contribution in [0, 0.1) is 0 Å². The summed E-state index contributed by atoms with van der Waals surface area (Å²) in [6, 6.07) is 12.4. The first-order valence-corrected chi connectivity index (χ1v) is 5.79. The summed E-state index contributed by atoms with van der Waals surface area (Å²) in [6.45, 7) is -0.0702. The number of nitrogen functional groups attached to an aromatic ring is 1. The molecule has 18 heavy (non-hydrogen) atoms. The van der Waals surface area contributed by atoms with E-state index in [1.165, 1.54) is 0 Å². The Kier molecular flexibility index (Phi) is 3.58. The Balaban J connectivity index is 2.29. The summed E-state index contributed by atoms with van der Waals surface area (Å²) in [5.41, 5.74) is 11.0. The number of nitrogens with zero attached hydrogens (tertiary/aromatic N) is 1. The summed E-state index contributed by atoms with van der Waals surface area (Å²) >= 11 is 0. The Morgan fingerprint density at radius 2 is 1.89 bits per heavy atom. The molecule has 1 heterocycles. The van der Waals surface area contributed by atoms with Crippen molar-refractivity contribution in [1.29, 1.82) is 0 Å². The zero-order valence-corrected chi connectivity index (χ0v) is 10.0. The Labute approximate surface area is 106 Å². The highest BCUT2D eigenvalue weighted by Crippen LogP contribution is 2.29. The van der Waals surface area contributed by atoms with E-state index in [1.54, 1.807) is 42.6 Å². The van der Waals surface area contributed by atoms with Gasteiger partial charge in [0, 0.05) is 19.2 Å². The zero-order valence-electron chi connectivity index (χ0n) is 10.0. The highest BCUT2D eigenvalue weighted by atomic mass is 19.1. The molecule has 1 aromatic heterocycles. The molecule has 94 valence electrons. The van der Waals surface area contributed by atoms with Crippen molar-refractivity contribution in [2.75, 3.05) is 12.3 Å². The minimum Gasteiger partial charge on any atom is -0.384 e. The van der Waals surface area contributed by atoms with Gasteiger partial charge < -0.3 is 11.5 Å². The number of alkyl halides is 1. The smallest absolute Gasteiger partial charge is 0.152 e. The number of hydrogen-bond donors (Lipinski definition) is 2. The van der Waals surface area contributed by atoms with Gasteiger partial charge in [0.2, 0.25) is 0 Å². The predicted molar refractivity (Wildman–Crippen MR) is 70.6 cm³/mol.